The maximum Gasteiger partial charge on any atom is 0.347 e. The van der Waals surface area contributed by atoms with Gasteiger partial charge in [-0.05, 0) is 30.7 Å². The molecule has 138 valence electrons. The van der Waals surface area contributed by atoms with Crippen LogP contribution in [-0.2, 0) is 16.8 Å². The molecule has 8 heteroatoms. The molecule has 2 N–H and O–H groups in total. The number of aliphatic carboxylic acids is 1. The molecule has 2 heterocycles. The molecule has 2 aromatic heterocycles. The highest BCUT2D eigenvalue weighted by Crippen LogP contribution is 2.39. The second-order valence-corrected chi connectivity index (χ2v) is 6.77. The smallest absolute Gasteiger partial charge is 0.347 e. The molecule has 0 saturated heterocycles. The van der Waals surface area contributed by atoms with Crippen LogP contribution < -0.4 is 9.57 Å². The first kappa shape index (κ1) is 17.5. The van der Waals surface area contributed by atoms with E-state index in [-0.39, 0.29) is 12.1 Å². The van der Waals surface area contributed by atoms with Gasteiger partial charge in [0.1, 0.15) is 7.11 Å². The minimum atomic E-state index is -1.98. The Morgan fingerprint density at radius 1 is 1.37 bits per heavy atom. The molecular weight excluding hydrogens is 372 g/mol. The summed E-state index contributed by atoms with van der Waals surface area (Å²) >= 11 is 6.20. The lowest BCUT2D eigenvalue weighted by Gasteiger charge is -2.15. The van der Waals surface area contributed by atoms with Crippen molar-refractivity contribution in [1.82, 2.24) is 4.98 Å². The number of hydrogen-bond donors (Lipinski definition) is 2. The Morgan fingerprint density at radius 3 is 2.85 bits per heavy atom. The number of rotatable bonds is 4. The van der Waals surface area contributed by atoms with Gasteiger partial charge < -0.3 is 14.6 Å². The van der Waals surface area contributed by atoms with Crippen LogP contribution in [0.15, 0.2) is 47.5 Å². The predicted molar refractivity (Wildman–Crippen MR) is 94.9 cm³/mol. The number of fused-ring (bicyclic) bond motifs is 1. The molecule has 3 aromatic rings. The summed E-state index contributed by atoms with van der Waals surface area (Å²) in [7, 11) is 1.42. The first-order chi connectivity index (χ1) is 12.9. The monoisotopic (exact) mass is 387 g/mol. The van der Waals surface area contributed by atoms with E-state index in [1.54, 1.807) is 24.5 Å². The van der Waals surface area contributed by atoms with Crippen LogP contribution in [0.25, 0.3) is 22.5 Å². The zero-order valence-corrected chi connectivity index (χ0v) is 15.1. The van der Waals surface area contributed by atoms with Crippen LogP contribution in [0.4, 0.5) is 0 Å². The van der Waals surface area contributed by atoms with E-state index in [0.29, 0.717) is 22.8 Å². The van der Waals surface area contributed by atoms with Crippen LogP contribution in [0.3, 0.4) is 0 Å². The fourth-order valence-electron chi connectivity index (χ4n) is 3.52. The zero-order valence-electron chi connectivity index (χ0n) is 14.3. The molecule has 1 aliphatic rings. The second-order valence-electron chi connectivity index (χ2n) is 6.33. The van der Waals surface area contributed by atoms with Gasteiger partial charge in [-0.2, -0.15) is 0 Å². The SMILES string of the molecule is CO[n+]1cc(-c2cc(Cl)ccc2-c2cnco2)cc2c1C(O)(C(=O)O)CC2. The Balaban J connectivity index is 1.93. The normalized spacial score (nSPS) is 18.3. The van der Waals surface area contributed by atoms with E-state index in [2.05, 4.69) is 4.98 Å². The number of benzene rings is 1. The summed E-state index contributed by atoms with van der Waals surface area (Å²) < 4.78 is 6.73. The maximum atomic E-state index is 11.6. The third-order valence-corrected chi connectivity index (χ3v) is 5.03. The number of oxazole rings is 1. The summed E-state index contributed by atoms with van der Waals surface area (Å²) in [6, 6.07) is 7.22. The molecular formula is C19H16ClN2O5+. The van der Waals surface area contributed by atoms with Crippen molar-refractivity contribution in [1.29, 1.82) is 0 Å². The highest BCUT2D eigenvalue weighted by atomic mass is 35.5. The number of aliphatic hydroxyl groups is 1. The third-order valence-electron chi connectivity index (χ3n) is 4.80. The fourth-order valence-corrected chi connectivity index (χ4v) is 3.69. The van der Waals surface area contributed by atoms with Gasteiger partial charge in [0, 0.05) is 32.9 Å². The standard InChI is InChI=1S/C19H15ClN2O5/c1-26-22-9-12(6-11-4-5-19(25,17(11)22)18(23)24)15-7-13(20)2-3-14(15)16-8-21-10-27-16/h2-3,6-10,25H,4-5H2,1H3/p+1. The number of nitrogens with zero attached hydrogens (tertiary/aromatic N) is 2. The molecule has 0 saturated carbocycles. The predicted octanol–water partition coefficient (Wildman–Crippen LogP) is 2.23. The lowest BCUT2D eigenvalue weighted by atomic mass is 9.97. The van der Waals surface area contributed by atoms with Crippen molar-refractivity contribution in [3.8, 4) is 22.5 Å². The number of carboxylic acids is 1. The van der Waals surface area contributed by atoms with Crippen molar-refractivity contribution in [3.05, 3.63) is 59.3 Å². The molecule has 0 radical (unpaired) electrons. The van der Waals surface area contributed by atoms with Crippen molar-refractivity contribution in [2.24, 2.45) is 0 Å². The Bertz CT molecular complexity index is 1030. The molecule has 0 bridgehead atoms. The van der Waals surface area contributed by atoms with Gasteiger partial charge in [0.05, 0.1) is 11.8 Å². The zero-order chi connectivity index (χ0) is 19.2. The Kier molecular flexibility index (Phi) is 4.13. The summed E-state index contributed by atoms with van der Waals surface area (Å²) in [5.41, 5.74) is 1.25. The van der Waals surface area contributed by atoms with Crippen molar-refractivity contribution in [3.63, 3.8) is 0 Å². The molecule has 0 aliphatic heterocycles. The Morgan fingerprint density at radius 2 is 2.19 bits per heavy atom. The highest BCUT2D eigenvalue weighted by molar-refractivity contribution is 6.31. The largest absolute Gasteiger partial charge is 0.479 e. The van der Waals surface area contributed by atoms with Gasteiger partial charge in [0.25, 0.3) is 11.3 Å². The first-order valence-electron chi connectivity index (χ1n) is 8.22. The van der Waals surface area contributed by atoms with E-state index in [9.17, 15) is 15.0 Å². The van der Waals surface area contributed by atoms with Gasteiger partial charge in [0.2, 0.25) is 6.20 Å². The molecule has 1 aliphatic carbocycles. The van der Waals surface area contributed by atoms with Gasteiger partial charge in [-0.3, -0.25) is 4.84 Å². The first-order valence-corrected chi connectivity index (χ1v) is 8.60. The highest BCUT2D eigenvalue weighted by Gasteiger charge is 2.53. The molecule has 0 amide bonds. The molecule has 1 unspecified atom stereocenters. The average Bonchev–Trinajstić information content (AvgIpc) is 3.30. The number of pyridine rings is 1. The van der Waals surface area contributed by atoms with Crippen LogP contribution in [0.2, 0.25) is 5.02 Å². The molecule has 4 rings (SSSR count). The molecule has 0 fully saturated rings. The molecule has 0 spiro atoms. The van der Waals surface area contributed by atoms with Crippen LogP contribution >= 0.6 is 11.6 Å². The molecule has 1 aromatic carbocycles. The van der Waals surface area contributed by atoms with Crippen LogP contribution in [0.1, 0.15) is 17.7 Å². The number of aryl methyl sites for hydroxylation is 1. The minimum Gasteiger partial charge on any atom is -0.479 e. The van der Waals surface area contributed by atoms with E-state index in [0.717, 1.165) is 16.7 Å². The van der Waals surface area contributed by atoms with E-state index < -0.39 is 11.6 Å². The summed E-state index contributed by atoms with van der Waals surface area (Å²) in [6.45, 7) is 0. The number of carbonyl (C=O) groups is 1. The average molecular weight is 388 g/mol. The van der Waals surface area contributed by atoms with E-state index in [4.69, 9.17) is 20.9 Å². The van der Waals surface area contributed by atoms with E-state index >= 15 is 0 Å². The number of aromatic nitrogens is 2. The lowest BCUT2D eigenvalue weighted by Crippen LogP contribution is -2.52. The van der Waals surface area contributed by atoms with Crippen molar-refractivity contribution in [2.75, 3.05) is 7.11 Å². The summed E-state index contributed by atoms with van der Waals surface area (Å²) in [5, 5.41) is 20.6. The van der Waals surface area contributed by atoms with Gasteiger partial charge >= 0.3 is 5.97 Å². The maximum absolute atomic E-state index is 11.6. The van der Waals surface area contributed by atoms with Crippen molar-refractivity contribution in [2.45, 2.75) is 18.4 Å². The van der Waals surface area contributed by atoms with Gasteiger partial charge in [-0.15, -0.1) is 0 Å². The quantitative estimate of drug-likeness (QED) is 0.666. The summed E-state index contributed by atoms with van der Waals surface area (Å²) in [4.78, 5) is 20.9. The second kappa shape index (κ2) is 6.37. The minimum absolute atomic E-state index is 0.0784. The topological polar surface area (TPSA) is 96.7 Å². The number of halogens is 1. The van der Waals surface area contributed by atoms with E-state index in [1.165, 1.54) is 18.2 Å². The van der Waals surface area contributed by atoms with Gasteiger partial charge in [-0.25, -0.2) is 9.78 Å². The molecule has 7 nitrogen and oxygen atoms in total. The molecule has 1 atom stereocenters. The fraction of sp³-hybridized carbons (Fsp3) is 0.211. The van der Waals surface area contributed by atoms with Gasteiger partial charge in [0.15, 0.2) is 12.2 Å². The van der Waals surface area contributed by atoms with Crippen molar-refractivity contribution >= 4 is 17.6 Å². The summed E-state index contributed by atoms with van der Waals surface area (Å²) in [6.07, 6.45) is 5.07. The van der Waals surface area contributed by atoms with Crippen LogP contribution in [-0.4, -0.2) is 28.3 Å². The van der Waals surface area contributed by atoms with Crippen molar-refractivity contribution < 1.29 is 29.0 Å². The number of hydrogen-bond acceptors (Lipinski definition) is 5. The Hall–Kier alpha value is -2.90. The number of carboxylic acid groups (broad SMARTS) is 1. The third kappa shape index (κ3) is 2.75. The van der Waals surface area contributed by atoms with E-state index in [1.807, 2.05) is 12.1 Å². The van der Waals surface area contributed by atoms with Gasteiger partial charge in [-0.1, -0.05) is 11.6 Å². The lowest BCUT2D eigenvalue weighted by molar-refractivity contribution is -0.893. The van der Waals surface area contributed by atoms with Crippen LogP contribution in [0.5, 0.6) is 0 Å². The summed E-state index contributed by atoms with van der Waals surface area (Å²) in [5.74, 6) is -0.724. The molecule has 27 heavy (non-hydrogen) atoms. The van der Waals surface area contributed by atoms with Crippen LogP contribution in [0, 0.1) is 0 Å². The Labute approximate surface area is 159 Å².